The number of pyridine rings is 1. The van der Waals surface area contributed by atoms with Crippen molar-refractivity contribution in [1.29, 1.82) is 0 Å². The number of aromatic nitrogens is 1. The molecule has 1 heterocycles. The molecule has 0 aromatic carbocycles. The number of hydrogen-bond donors (Lipinski definition) is 2. The molecule has 0 aliphatic heterocycles. The van der Waals surface area contributed by atoms with Crippen LogP contribution < -0.4 is 5.32 Å². The van der Waals surface area contributed by atoms with Crippen LogP contribution in [0.5, 0.6) is 0 Å². The third kappa shape index (κ3) is 4.06. The lowest BCUT2D eigenvalue weighted by Crippen LogP contribution is -2.39. The highest BCUT2D eigenvalue weighted by molar-refractivity contribution is 5.14. The monoisotopic (exact) mass is 240 g/mol. The van der Waals surface area contributed by atoms with E-state index in [-0.39, 0.29) is 5.82 Å². The fourth-order valence-corrected chi connectivity index (χ4v) is 1.62. The molecular weight excluding hydrogens is 219 g/mol. The Balaban J connectivity index is 2.70. The van der Waals surface area contributed by atoms with Gasteiger partial charge in [-0.25, -0.2) is 4.39 Å². The fourth-order valence-electron chi connectivity index (χ4n) is 1.62. The van der Waals surface area contributed by atoms with E-state index in [1.165, 1.54) is 12.1 Å². The van der Waals surface area contributed by atoms with Crippen molar-refractivity contribution in [2.24, 2.45) is 5.92 Å². The molecule has 96 valence electrons. The normalized spacial score (nSPS) is 14.9. The molecule has 0 aliphatic rings. The molecule has 0 saturated heterocycles. The Hall–Kier alpha value is -1.00. The van der Waals surface area contributed by atoms with Crippen LogP contribution >= 0.6 is 0 Å². The number of nitrogens with one attached hydrogen (secondary N) is 1. The molecular formula is C13H21FN2O. The molecule has 3 nitrogen and oxygen atoms in total. The van der Waals surface area contributed by atoms with Crippen LogP contribution in [0.3, 0.4) is 0 Å². The molecule has 2 N–H and O–H groups in total. The van der Waals surface area contributed by atoms with Gasteiger partial charge in [0.2, 0.25) is 0 Å². The van der Waals surface area contributed by atoms with E-state index in [1.54, 1.807) is 0 Å². The van der Waals surface area contributed by atoms with Gasteiger partial charge >= 0.3 is 0 Å². The van der Waals surface area contributed by atoms with Crippen LogP contribution in [-0.2, 0) is 5.60 Å². The van der Waals surface area contributed by atoms with Crippen molar-refractivity contribution in [3.63, 3.8) is 0 Å². The zero-order chi connectivity index (χ0) is 12.9. The second-order valence-corrected chi connectivity index (χ2v) is 4.77. The summed E-state index contributed by atoms with van der Waals surface area (Å²) in [6, 6.07) is 2.86. The van der Waals surface area contributed by atoms with Crippen LogP contribution in [0.4, 0.5) is 4.39 Å². The second kappa shape index (κ2) is 6.07. The zero-order valence-electron chi connectivity index (χ0n) is 10.7. The highest BCUT2D eigenvalue weighted by Gasteiger charge is 2.28. The van der Waals surface area contributed by atoms with Crippen LogP contribution in [0.1, 0.15) is 32.9 Å². The zero-order valence-corrected chi connectivity index (χ0v) is 10.7. The van der Waals surface area contributed by atoms with Gasteiger partial charge in [-0.05, 0) is 31.0 Å². The van der Waals surface area contributed by atoms with Gasteiger partial charge in [-0.2, -0.15) is 0 Å². The largest absolute Gasteiger partial charge is 0.382 e. The summed E-state index contributed by atoms with van der Waals surface area (Å²) in [5.74, 6) is 0.139. The highest BCUT2D eigenvalue weighted by Crippen LogP contribution is 2.22. The molecule has 0 radical (unpaired) electrons. The Kier molecular flexibility index (Phi) is 5.02. The van der Waals surface area contributed by atoms with Crippen molar-refractivity contribution in [3.05, 3.63) is 29.8 Å². The molecule has 0 fully saturated rings. The first-order valence-electron chi connectivity index (χ1n) is 6.03. The van der Waals surface area contributed by atoms with Gasteiger partial charge in [-0.3, -0.25) is 4.98 Å². The van der Waals surface area contributed by atoms with Crippen molar-refractivity contribution in [2.45, 2.75) is 32.8 Å². The lowest BCUT2D eigenvalue weighted by molar-refractivity contribution is 0.0277. The first-order chi connectivity index (χ1) is 7.98. The Morgan fingerprint density at radius 1 is 1.47 bits per heavy atom. The van der Waals surface area contributed by atoms with Crippen molar-refractivity contribution in [2.75, 3.05) is 13.1 Å². The third-order valence-electron chi connectivity index (χ3n) is 2.76. The molecule has 17 heavy (non-hydrogen) atoms. The molecule has 0 saturated carbocycles. The van der Waals surface area contributed by atoms with Crippen LogP contribution in [0.2, 0.25) is 0 Å². The van der Waals surface area contributed by atoms with Gasteiger partial charge in [0.1, 0.15) is 11.4 Å². The maximum atomic E-state index is 12.8. The Bertz CT molecular complexity index is 340. The van der Waals surface area contributed by atoms with Crippen LogP contribution in [-0.4, -0.2) is 23.2 Å². The summed E-state index contributed by atoms with van der Waals surface area (Å²) >= 11 is 0. The Labute approximate surface area is 102 Å². The molecule has 1 atom stereocenters. The number of aliphatic hydroxyl groups is 1. The van der Waals surface area contributed by atoms with Gasteiger partial charge in [-0.1, -0.05) is 20.8 Å². The van der Waals surface area contributed by atoms with Crippen molar-refractivity contribution in [3.8, 4) is 0 Å². The first kappa shape index (κ1) is 14.1. The topological polar surface area (TPSA) is 45.1 Å². The first-order valence-corrected chi connectivity index (χ1v) is 6.03. The lowest BCUT2D eigenvalue weighted by Gasteiger charge is -2.27. The summed E-state index contributed by atoms with van der Waals surface area (Å²) in [5.41, 5.74) is -0.513. The number of nitrogens with zero attached hydrogens (tertiary/aromatic N) is 1. The lowest BCUT2D eigenvalue weighted by atomic mass is 9.95. The third-order valence-corrected chi connectivity index (χ3v) is 2.76. The van der Waals surface area contributed by atoms with Crippen molar-refractivity contribution >= 4 is 0 Å². The molecule has 4 heteroatoms. The van der Waals surface area contributed by atoms with Crippen LogP contribution in [0, 0.1) is 11.7 Å². The highest BCUT2D eigenvalue weighted by atomic mass is 19.1. The van der Waals surface area contributed by atoms with Crippen molar-refractivity contribution < 1.29 is 9.50 Å². The van der Waals surface area contributed by atoms with E-state index in [0.717, 1.165) is 12.7 Å². The van der Waals surface area contributed by atoms with E-state index in [1.807, 2.05) is 6.92 Å². The van der Waals surface area contributed by atoms with Gasteiger partial charge in [0.25, 0.3) is 0 Å². The maximum absolute atomic E-state index is 12.8. The summed E-state index contributed by atoms with van der Waals surface area (Å²) < 4.78 is 12.8. The Morgan fingerprint density at radius 2 is 2.18 bits per heavy atom. The average Bonchev–Trinajstić information content (AvgIpc) is 2.29. The van der Waals surface area contributed by atoms with E-state index in [9.17, 15) is 9.50 Å². The molecule has 0 aliphatic carbocycles. The van der Waals surface area contributed by atoms with E-state index in [0.29, 0.717) is 24.6 Å². The number of halogens is 1. The Morgan fingerprint density at radius 3 is 2.65 bits per heavy atom. The molecule has 1 aromatic rings. The molecule has 0 amide bonds. The minimum absolute atomic E-state index is 0.387. The summed E-state index contributed by atoms with van der Waals surface area (Å²) in [5, 5.41) is 13.7. The molecule has 1 rings (SSSR count). The van der Waals surface area contributed by atoms with E-state index < -0.39 is 5.60 Å². The van der Waals surface area contributed by atoms with Gasteiger partial charge in [0.15, 0.2) is 0 Å². The number of hydrogen-bond acceptors (Lipinski definition) is 3. The quantitative estimate of drug-likeness (QED) is 0.800. The molecule has 1 aromatic heterocycles. The van der Waals surface area contributed by atoms with E-state index >= 15 is 0 Å². The number of rotatable bonds is 6. The predicted molar refractivity (Wildman–Crippen MR) is 66.1 cm³/mol. The van der Waals surface area contributed by atoms with Gasteiger partial charge in [0, 0.05) is 6.54 Å². The fraction of sp³-hybridized carbons (Fsp3) is 0.615. The SMILES string of the molecule is CCC(O)(CNCC(C)C)c1ccc(F)cn1. The minimum atomic E-state index is -1.03. The van der Waals surface area contributed by atoms with Gasteiger partial charge < -0.3 is 10.4 Å². The van der Waals surface area contributed by atoms with Gasteiger partial charge in [-0.15, -0.1) is 0 Å². The predicted octanol–water partition coefficient (Wildman–Crippen LogP) is 2.06. The van der Waals surface area contributed by atoms with E-state index in [4.69, 9.17) is 0 Å². The van der Waals surface area contributed by atoms with Gasteiger partial charge in [0.05, 0.1) is 11.9 Å². The molecule has 1 unspecified atom stereocenters. The summed E-state index contributed by atoms with van der Waals surface area (Å²) in [6.07, 6.45) is 1.68. The second-order valence-electron chi connectivity index (χ2n) is 4.77. The molecule has 0 spiro atoms. The van der Waals surface area contributed by atoms with Crippen LogP contribution in [0.25, 0.3) is 0 Å². The summed E-state index contributed by atoms with van der Waals surface area (Å²) in [6.45, 7) is 7.37. The summed E-state index contributed by atoms with van der Waals surface area (Å²) in [7, 11) is 0. The average molecular weight is 240 g/mol. The molecule has 0 bridgehead atoms. The van der Waals surface area contributed by atoms with Crippen molar-refractivity contribution in [1.82, 2.24) is 10.3 Å². The summed E-state index contributed by atoms with van der Waals surface area (Å²) in [4.78, 5) is 3.95. The smallest absolute Gasteiger partial charge is 0.141 e. The maximum Gasteiger partial charge on any atom is 0.141 e. The minimum Gasteiger partial charge on any atom is -0.382 e. The standard InChI is InChI=1S/C13H21FN2O/c1-4-13(17,9-15-7-10(2)3)12-6-5-11(14)8-16-12/h5-6,8,10,15,17H,4,7,9H2,1-3H3. The van der Waals surface area contributed by atoms with E-state index in [2.05, 4.69) is 24.1 Å². The van der Waals surface area contributed by atoms with Crippen LogP contribution in [0.15, 0.2) is 18.3 Å².